The van der Waals surface area contributed by atoms with Gasteiger partial charge in [0.05, 0.1) is 34.1 Å². The Kier molecular flexibility index (Phi) is 16.9. The third-order valence-electron chi connectivity index (χ3n) is 13.2. The minimum absolute atomic E-state index is 0.130. The van der Waals surface area contributed by atoms with Crippen LogP contribution >= 0.6 is 11.3 Å². The van der Waals surface area contributed by atoms with Crippen molar-refractivity contribution in [3.8, 4) is 27.3 Å². The van der Waals surface area contributed by atoms with Gasteiger partial charge in [-0.2, -0.15) is 0 Å². The van der Waals surface area contributed by atoms with E-state index in [1.807, 2.05) is 83.2 Å². The number of hydrogen-bond acceptors (Lipinski definition) is 10. The number of imidazole rings is 1. The van der Waals surface area contributed by atoms with E-state index in [1.54, 1.807) is 22.4 Å². The van der Waals surface area contributed by atoms with E-state index >= 15 is 0 Å². The van der Waals surface area contributed by atoms with Crippen molar-refractivity contribution in [2.45, 2.75) is 125 Å². The lowest BCUT2D eigenvalue weighted by Crippen LogP contribution is -2.58. The molecule has 366 valence electrons. The highest BCUT2D eigenvalue weighted by molar-refractivity contribution is 7.13. The Morgan fingerprint density at radius 2 is 1.61 bits per heavy atom. The molecular formula is C55H70N8O5S. The predicted molar refractivity (Wildman–Crippen MR) is 275 cm³/mol. The summed E-state index contributed by atoms with van der Waals surface area (Å²) >= 11 is 1.61. The second-order valence-corrected chi connectivity index (χ2v) is 20.7. The van der Waals surface area contributed by atoms with Crippen molar-refractivity contribution < 1.29 is 23.6 Å². The van der Waals surface area contributed by atoms with E-state index in [-0.39, 0.29) is 36.3 Å². The molecule has 0 radical (unpaired) electrons. The maximum absolute atomic E-state index is 14.2. The van der Waals surface area contributed by atoms with Gasteiger partial charge in [0.25, 0.3) is 0 Å². The molecule has 3 amide bonds. The first-order valence-electron chi connectivity index (χ1n) is 24.5. The minimum atomic E-state index is -0.818. The maximum atomic E-state index is 14.2. The number of aromatic nitrogens is 4. The van der Waals surface area contributed by atoms with Crippen LogP contribution in [0.25, 0.3) is 27.3 Å². The van der Waals surface area contributed by atoms with Gasteiger partial charge in [0.1, 0.15) is 24.5 Å². The van der Waals surface area contributed by atoms with E-state index in [9.17, 15) is 14.4 Å². The fourth-order valence-electron chi connectivity index (χ4n) is 9.35. The Bertz CT molecular complexity index is 2610. The number of ether oxygens (including phenoxy) is 1. The number of likely N-dealkylation sites (tertiary alicyclic amines) is 1. The van der Waals surface area contributed by atoms with E-state index in [2.05, 4.69) is 99.1 Å². The van der Waals surface area contributed by atoms with Crippen LogP contribution in [-0.2, 0) is 19.1 Å². The van der Waals surface area contributed by atoms with Gasteiger partial charge in [-0.3, -0.25) is 14.4 Å². The van der Waals surface area contributed by atoms with Crippen molar-refractivity contribution in [2.24, 2.45) is 11.3 Å². The third kappa shape index (κ3) is 12.8. The molecule has 1 fully saturated rings. The molecule has 2 N–H and O–H groups in total. The smallest absolute Gasteiger partial charge is 0.246 e. The van der Waals surface area contributed by atoms with Gasteiger partial charge in [0.15, 0.2) is 0 Å². The summed E-state index contributed by atoms with van der Waals surface area (Å²) in [5, 5.41) is 10.3. The number of carbonyl (C=O) groups is 3. The summed E-state index contributed by atoms with van der Waals surface area (Å²) < 4.78 is 13.4. The topological polar surface area (TPSA) is 148 Å². The van der Waals surface area contributed by atoms with Crippen molar-refractivity contribution in [2.75, 3.05) is 31.2 Å². The van der Waals surface area contributed by atoms with Crippen LogP contribution in [0.1, 0.15) is 114 Å². The molecule has 0 saturated carbocycles. The van der Waals surface area contributed by atoms with Gasteiger partial charge in [0, 0.05) is 54.7 Å². The largest absolute Gasteiger partial charge is 0.372 e. The normalized spacial score (nSPS) is 15.8. The number of benzene rings is 3. The predicted octanol–water partition coefficient (Wildman–Crippen LogP) is 11.0. The molecule has 69 heavy (non-hydrogen) atoms. The SMILES string of the molecule is Cc1ccc(-c2c(C)noc2C)cc1N(CCCCCCCCOCC(=O)N[C@H](C(=O)N1C[C@H](C)C[C@H]1C(=O)N[C@@H](C)c1ccc(-c2scnc2C)cc1)C(C)(C)C)c1ccc(-n2ccnc2)cc1. The van der Waals surface area contributed by atoms with Crippen LogP contribution in [-0.4, -0.2) is 80.7 Å². The van der Waals surface area contributed by atoms with Gasteiger partial charge < -0.3 is 34.3 Å². The van der Waals surface area contributed by atoms with Crippen molar-refractivity contribution in [1.82, 2.24) is 35.2 Å². The summed E-state index contributed by atoms with van der Waals surface area (Å²) in [7, 11) is 0. The molecule has 3 aromatic heterocycles. The highest BCUT2D eigenvalue weighted by atomic mass is 32.1. The summed E-state index contributed by atoms with van der Waals surface area (Å²) in [4.78, 5) is 55.1. The number of carbonyl (C=O) groups excluding carboxylic acids is 3. The molecule has 0 unspecified atom stereocenters. The monoisotopic (exact) mass is 955 g/mol. The fourth-order valence-corrected chi connectivity index (χ4v) is 10.2. The molecule has 1 aliphatic rings. The van der Waals surface area contributed by atoms with Crippen LogP contribution in [0.4, 0.5) is 11.4 Å². The first kappa shape index (κ1) is 50.7. The molecule has 0 spiro atoms. The number of rotatable bonds is 21. The fraction of sp³-hybridized carbons (Fsp3) is 0.455. The number of aryl methyl sites for hydroxylation is 4. The van der Waals surface area contributed by atoms with Crippen LogP contribution < -0.4 is 15.5 Å². The molecule has 13 nitrogen and oxygen atoms in total. The van der Waals surface area contributed by atoms with E-state index < -0.39 is 17.5 Å². The number of nitrogens with one attached hydrogen (secondary N) is 2. The van der Waals surface area contributed by atoms with Crippen LogP contribution in [0.15, 0.2) is 95.5 Å². The summed E-state index contributed by atoms with van der Waals surface area (Å²) in [6.07, 6.45) is 12.2. The van der Waals surface area contributed by atoms with Crippen LogP contribution in [0, 0.1) is 39.0 Å². The number of nitrogens with zero attached hydrogens (tertiary/aromatic N) is 6. The molecule has 3 aromatic carbocycles. The molecule has 0 aliphatic carbocycles. The lowest BCUT2D eigenvalue weighted by molar-refractivity contribution is -0.144. The van der Waals surface area contributed by atoms with Crippen molar-refractivity contribution in [3.63, 3.8) is 0 Å². The van der Waals surface area contributed by atoms with Crippen molar-refractivity contribution in [1.29, 1.82) is 0 Å². The van der Waals surface area contributed by atoms with E-state index in [1.165, 1.54) is 5.56 Å². The highest BCUT2D eigenvalue weighted by Crippen LogP contribution is 2.36. The Balaban J connectivity index is 0.855. The number of hydrogen-bond donors (Lipinski definition) is 2. The Morgan fingerprint density at radius 1 is 0.899 bits per heavy atom. The zero-order valence-electron chi connectivity index (χ0n) is 41.9. The van der Waals surface area contributed by atoms with Crippen molar-refractivity contribution >= 4 is 40.4 Å². The Labute approximate surface area is 412 Å². The van der Waals surface area contributed by atoms with E-state index in [0.29, 0.717) is 19.6 Å². The maximum Gasteiger partial charge on any atom is 0.246 e. The summed E-state index contributed by atoms with van der Waals surface area (Å²) in [5.74, 6) is 0.178. The molecule has 6 aromatic rings. The average Bonchev–Trinajstić information content (AvgIpc) is 4.16. The quantitative estimate of drug-likeness (QED) is 0.0673. The molecule has 4 atom stereocenters. The molecule has 4 heterocycles. The first-order chi connectivity index (χ1) is 33.1. The molecule has 7 rings (SSSR count). The zero-order valence-corrected chi connectivity index (χ0v) is 42.7. The Morgan fingerprint density at radius 3 is 2.26 bits per heavy atom. The van der Waals surface area contributed by atoms with E-state index in [4.69, 9.17) is 9.26 Å². The molecule has 1 saturated heterocycles. The highest BCUT2D eigenvalue weighted by Gasteiger charge is 2.44. The second kappa shape index (κ2) is 23.0. The minimum Gasteiger partial charge on any atom is -0.372 e. The number of thiazole rings is 1. The lowest BCUT2D eigenvalue weighted by Gasteiger charge is -2.35. The standard InChI is InChI=1S/C55H70N8O5S/c1-36-30-48(53(65)58-38(3)42-18-20-43(21-19-42)51-40(5)57-35-69-51)63(32-36)54(66)52(55(7,8)9)59-49(64)33-67-29-15-13-11-10-12-14-27-62(46-24-22-45(23-25-46)61-28-26-56-34-61)47-31-44(17-16-37(47)2)50-39(4)60-68-41(50)6/h16-26,28,31,34-36,38,48,52H,10-15,27,29-30,32-33H2,1-9H3,(H,58,65)(H,59,64)/t36-,38+,48+,52-/m1/s1. The van der Waals surface area contributed by atoms with Crippen molar-refractivity contribution in [3.05, 3.63) is 119 Å². The third-order valence-corrected chi connectivity index (χ3v) is 14.2. The van der Waals surface area contributed by atoms with Gasteiger partial charge in [-0.1, -0.05) is 94.9 Å². The summed E-state index contributed by atoms with van der Waals surface area (Å²) in [5.41, 5.74) is 11.9. The first-order valence-corrected chi connectivity index (χ1v) is 25.3. The second-order valence-electron chi connectivity index (χ2n) is 19.8. The van der Waals surface area contributed by atoms with Gasteiger partial charge in [0.2, 0.25) is 17.7 Å². The molecule has 0 bridgehead atoms. The van der Waals surface area contributed by atoms with Crippen LogP contribution in [0.3, 0.4) is 0 Å². The molecular weight excluding hydrogens is 885 g/mol. The molecule has 1 aliphatic heterocycles. The van der Waals surface area contributed by atoms with Gasteiger partial charge in [-0.25, -0.2) is 9.97 Å². The number of unbranched alkanes of at least 4 members (excludes halogenated alkanes) is 5. The van der Waals surface area contributed by atoms with Crippen LogP contribution in [0.5, 0.6) is 0 Å². The zero-order chi connectivity index (χ0) is 49.2. The average molecular weight is 955 g/mol. The number of amides is 3. The van der Waals surface area contributed by atoms with Gasteiger partial charge >= 0.3 is 0 Å². The lowest BCUT2D eigenvalue weighted by atomic mass is 9.85. The van der Waals surface area contributed by atoms with E-state index in [0.717, 1.165) is 106 Å². The summed E-state index contributed by atoms with van der Waals surface area (Å²) in [6, 6.07) is 21.7. The molecule has 14 heteroatoms. The number of anilines is 2. The Hall–Kier alpha value is -6.12. The van der Waals surface area contributed by atoms with Gasteiger partial charge in [-0.15, -0.1) is 11.3 Å². The van der Waals surface area contributed by atoms with Crippen LogP contribution in [0.2, 0.25) is 0 Å². The summed E-state index contributed by atoms with van der Waals surface area (Å²) in [6.45, 7) is 19.6. The van der Waals surface area contributed by atoms with Gasteiger partial charge in [-0.05, 0) is 118 Å².